The summed E-state index contributed by atoms with van der Waals surface area (Å²) in [5, 5.41) is 8.74. The van der Waals surface area contributed by atoms with E-state index in [4.69, 9.17) is 5.11 Å². The van der Waals surface area contributed by atoms with Crippen LogP contribution in [0.2, 0.25) is 0 Å². The second-order valence-corrected chi connectivity index (χ2v) is 6.74. The van der Waals surface area contributed by atoms with E-state index in [0.29, 0.717) is 11.5 Å². The lowest BCUT2D eigenvalue weighted by atomic mass is 9.81. The smallest absolute Gasteiger partial charge is 0.242 e. The number of aliphatic hydroxyl groups excluding tert-OH is 1. The van der Waals surface area contributed by atoms with Gasteiger partial charge in [-0.05, 0) is 37.8 Å². The van der Waals surface area contributed by atoms with Gasteiger partial charge in [0.1, 0.15) is 6.61 Å². The van der Waals surface area contributed by atoms with Crippen molar-refractivity contribution in [3.05, 3.63) is 29.8 Å². The van der Waals surface area contributed by atoms with E-state index in [1.54, 1.807) is 18.2 Å². The van der Waals surface area contributed by atoms with Crippen LogP contribution in [0.25, 0.3) is 0 Å². The molecule has 2 rings (SSSR count). The van der Waals surface area contributed by atoms with Crippen LogP contribution in [0.4, 0.5) is 0 Å². The fourth-order valence-corrected chi connectivity index (χ4v) is 3.76. The zero-order valence-corrected chi connectivity index (χ0v) is 12.3. The van der Waals surface area contributed by atoms with Gasteiger partial charge in [0, 0.05) is 11.6 Å². The maximum Gasteiger partial charge on any atom is 0.242 e. The van der Waals surface area contributed by atoms with Crippen LogP contribution in [0.5, 0.6) is 0 Å². The van der Waals surface area contributed by atoms with Crippen molar-refractivity contribution in [2.45, 2.75) is 37.1 Å². The highest BCUT2D eigenvalue weighted by molar-refractivity contribution is 7.89. The number of rotatable bonds is 4. The topological polar surface area (TPSA) is 66.4 Å². The van der Waals surface area contributed by atoms with Gasteiger partial charge in [0.05, 0.1) is 4.90 Å². The van der Waals surface area contributed by atoms with Crippen molar-refractivity contribution in [3.8, 4) is 11.8 Å². The van der Waals surface area contributed by atoms with Gasteiger partial charge in [0.25, 0.3) is 0 Å². The summed E-state index contributed by atoms with van der Waals surface area (Å²) < 4.78 is 27.6. The molecule has 20 heavy (non-hydrogen) atoms. The lowest BCUT2D eigenvalue weighted by Gasteiger charge is -2.31. The normalized spacial score (nSPS) is 16.9. The largest absolute Gasteiger partial charge is 0.384 e. The average molecular weight is 293 g/mol. The summed E-state index contributed by atoms with van der Waals surface area (Å²) in [6.45, 7) is 1.61. The molecule has 2 N–H and O–H groups in total. The van der Waals surface area contributed by atoms with Crippen molar-refractivity contribution in [3.63, 3.8) is 0 Å². The Morgan fingerprint density at radius 2 is 2.10 bits per heavy atom. The van der Waals surface area contributed by atoms with Gasteiger partial charge >= 0.3 is 0 Å². The molecule has 1 unspecified atom stereocenters. The van der Waals surface area contributed by atoms with Crippen molar-refractivity contribution >= 4 is 10.0 Å². The van der Waals surface area contributed by atoms with Crippen LogP contribution in [-0.4, -0.2) is 26.2 Å². The van der Waals surface area contributed by atoms with Crippen molar-refractivity contribution in [1.82, 2.24) is 4.72 Å². The molecule has 1 aromatic rings. The van der Waals surface area contributed by atoms with Crippen molar-refractivity contribution in [2.24, 2.45) is 5.92 Å². The minimum absolute atomic E-state index is 0.0624. The standard InChI is InChI=1S/C15H19NO3S/c1-12(13-7-4-8-13)16-20(18,19)15-10-3-2-6-14(15)9-5-11-17/h2-3,6,10,12-13,16-17H,4,7-8,11H2,1H3. The summed E-state index contributed by atoms with van der Waals surface area (Å²) in [6.07, 6.45) is 3.33. The van der Waals surface area contributed by atoms with Gasteiger partial charge < -0.3 is 5.11 Å². The Morgan fingerprint density at radius 3 is 2.70 bits per heavy atom. The molecule has 0 spiro atoms. The highest BCUT2D eigenvalue weighted by Gasteiger charge is 2.28. The van der Waals surface area contributed by atoms with Crippen molar-refractivity contribution in [2.75, 3.05) is 6.61 Å². The SMILES string of the molecule is CC(NS(=O)(=O)c1ccccc1C#CCO)C1CCC1. The Morgan fingerprint density at radius 1 is 1.40 bits per heavy atom. The molecule has 1 aliphatic carbocycles. The van der Waals surface area contributed by atoms with Crippen molar-refractivity contribution in [1.29, 1.82) is 0 Å². The number of hydrogen-bond acceptors (Lipinski definition) is 3. The fourth-order valence-electron chi connectivity index (χ4n) is 2.28. The van der Waals surface area contributed by atoms with Gasteiger partial charge in [-0.3, -0.25) is 0 Å². The van der Waals surface area contributed by atoms with E-state index in [9.17, 15) is 8.42 Å². The summed E-state index contributed by atoms with van der Waals surface area (Å²) >= 11 is 0. The molecular formula is C15H19NO3S. The van der Waals surface area contributed by atoms with Crippen LogP contribution in [0.3, 0.4) is 0 Å². The first-order chi connectivity index (χ1) is 9.54. The van der Waals surface area contributed by atoms with Gasteiger partial charge in [-0.15, -0.1) is 0 Å². The Balaban J connectivity index is 2.24. The molecule has 1 saturated carbocycles. The second-order valence-electron chi connectivity index (χ2n) is 5.06. The quantitative estimate of drug-likeness (QED) is 0.827. The summed E-state index contributed by atoms with van der Waals surface area (Å²) in [7, 11) is -3.58. The first-order valence-corrected chi connectivity index (χ1v) is 8.24. The van der Waals surface area contributed by atoms with E-state index in [-0.39, 0.29) is 17.5 Å². The zero-order valence-electron chi connectivity index (χ0n) is 11.5. The monoisotopic (exact) mass is 293 g/mol. The lowest BCUT2D eigenvalue weighted by Crippen LogP contribution is -2.40. The van der Waals surface area contributed by atoms with Crippen LogP contribution in [0.1, 0.15) is 31.7 Å². The third kappa shape index (κ3) is 3.40. The zero-order chi connectivity index (χ0) is 14.6. The molecule has 1 fully saturated rings. The van der Waals surface area contributed by atoms with Crippen molar-refractivity contribution < 1.29 is 13.5 Å². The molecule has 0 amide bonds. The molecule has 0 heterocycles. The first kappa shape index (κ1) is 15.0. The highest BCUT2D eigenvalue weighted by Crippen LogP contribution is 2.30. The number of hydrogen-bond donors (Lipinski definition) is 2. The lowest BCUT2D eigenvalue weighted by molar-refractivity contribution is 0.260. The van der Waals surface area contributed by atoms with Gasteiger partial charge in [0.15, 0.2) is 0 Å². The highest BCUT2D eigenvalue weighted by atomic mass is 32.2. The molecule has 108 valence electrons. The summed E-state index contributed by atoms with van der Waals surface area (Å²) in [5.74, 6) is 5.60. The molecule has 1 aromatic carbocycles. The fraction of sp³-hybridized carbons (Fsp3) is 0.467. The molecular weight excluding hydrogens is 274 g/mol. The Hall–Kier alpha value is -1.35. The molecule has 0 saturated heterocycles. The molecule has 1 atom stereocenters. The predicted molar refractivity (Wildman–Crippen MR) is 77.5 cm³/mol. The molecule has 0 radical (unpaired) electrons. The van der Waals surface area contributed by atoms with E-state index in [1.807, 2.05) is 6.92 Å². The second kappa shape index (κ2) is 6.40. The van der Waals surface area contributed by atoms with Gasteiger partial charge in [-0.25, -0.2) is 13.1 Å². The van der Waals surface area contributed by atoms with Gasteiger partial charge in [-0.1, -0.05) is 30.4 Å². The minimum Gasteiger partial charge on any atom is -0.384 e. The number of nitrogens with one attached hydrogen (secondary N) is 1. The molecule has 5 heteroatoms. The van der Waals surface area contributed by atoms with Crippen LogP contribution >= 0.6 is 0 Å². The first-order valence-electron chi connectivity index (χ1n) is 6.75. The number of sulfonamides is 1. The number of aliphatic hydroxyl groups is 1. The van der Waals surface area contributed by atoms with Gasteiger partial charge in [0.2, 0.25) is 10.0 Å². The van der Waals surface area contributed by atoms with Crippen LogP contribution in [-0.2, 0) is 10.0 Å². The van der Waals surface area contributed by atoms with Gasteiger partial charge in [-0.2, -0.15) is 0 Å². The van der Waals surface area contributed by atoms with Crippen LogP contribution in [0.15, 0.2) is 29.2 Å². The predicted octanol–water partition coefficient (Wildman–Crippen LogP) is 1.50. The molecule has 4 nitrogen and oxygen atoms in total. The van der Waals surface area contributed by atoms with E-state index >= 15 is 0 Å². The van der Waals surface area contributed by atoms with E-state index in [0.717, 1.165) is 12.8 Å². The Kier molecular flexibility index (Phi) is 4.81. The minimum atomic E-state index is -3.58. The molecule has 0 bridgehead atoms. The van der Waals surface area contributed by atoms with E-state index in [1.165, 1.54) is 12.5 Å². The summed E-state index contributed by atoms with van der Waals surface area (Å²) in [5.41, 5.74) is 0.412. The maximum absolute atomic E-state index is 12.4. The molecule has 1 aliphatic rings. The van der Waals surface area contributed by atoms with Crippen LogP contribution in [0, 0.1) is 17.8 Å². The maximum atomic E-state index is 12.4. The number of benzene rings is 1. The molecule has 0 aromatic heterocycles. The Bertz CT molecular complexity index is 624. The van der Waals surface area contributed by atoms with E-state index < -0.39 is 10.0 Å². The van der Waals surface area contributed by atoms with E-state index in [2.05, 4.69) is 16.6 Å². The average Bonchev–Trinajstić information content (AvgIpc) is 2.33. The Labute approximate surface area is 120 Å². The van der Waals surface area contributed by atoms with Crippen LogP contribution < -0.4 is 4.72 Å². The molecule has 0 aliphatic heterocycles. The third-order valence-electron chi connectivity index (χ3n) is 3.68. The summed E-state index contributed by atoms with van der Waals surface area (Å²) in [4.78, 5) is 0.173. The summed E-state index contributed by atoms with van der Waals surface area (Å²) in [6, 6.07) is 6.53. The third-order valence-corrected chi connectivity index (χ3v) is 5.29.